The van der Waals surface area contributed by atoms with Gasteiger partial charge in [-0.25, -0.2) is 0 Å². The average Bonchev–Trinajstić information content (AvgIpc) is 2.19. The highest BCUT2D eigenvalue weighted by atomic mass is 16.1. The van der Waals surface area contributed by atoms with Crippen LogP contribution in [0.4, 0.5) is 0 Å². The molecule has 0 N–H and O–H groups in total. The molecule has 0 fully saturated rings. The van der Waals surface area contributed by atoms with Crippen LogP contribution in [0.3, 0.4) is 0 Å². The highest BCUT2D eigenvalue weighted by Crippen LogP contribution is 2.24. The second-order valence-corrected chi connectivity index (χ2v) is 3.28. The van der Waals surface area contributed by atoms with Gasteiger partial charge in [0.25, 0.3) is 0 Å². The molecular weight excluding hydrogens is 160 g/mol. The van der Waals surface area contributed by atoms with E-state index in [-0.39, 0.29) is 11.7 Å². The van der Waals surface area contributed by atoms with E-state index < -0.39 is 0 Å². The molecule has 1 unspecified atom stereocenters. The summed E-state index contributed by atoms with van der Waals surface area (Å²) in [5.41, 5.74) is 1.95. The number of Topliss-reactive ketones (excluding diaryl/α,β-unsaturated/α-hetero) is 1. The van der Waals surface area contributed by atoms with Crippen LogP contribution in [0, 0.1) is 18.3 Å². The van der Waals surface area contributed by atoms with Crippen LogP contribution in [0.1, 0.15) is 22.3 Å². The van der Waals surface area contributed by atoms with Crippen LogP contribution >= 0.6 is 0 Å². The fourth-order valence-electron chi connectivity index (χ4n) is 1.76. The molecule has 1 aliphatic carbocycles. The Balaban J connectivity index is 2.46. The Morgan fingerprint density at radius 1 is 1.38 bits per heavy atom. The Labute approximate surface area is 77.8 Å². The standard InChI is InChI=1S/C12H10O/c1-2-9-7-8-10-5-3-4-6-11(10)12(9)13/h1,3-6,9H,7-8H2. The van der Waals surface area contributed by atoms with E-state index in [9.17, 15) is 4.79 Å². The van der Waals surface area contributed by atoms with Gasteiger partial charge in [-0.15, -0.1) is 6.42 Å². The van der Waals surface area contributed by atoms with E-state index in [1.54, 1.807) is 0 Å². The lowest BCUT2D eigenvalue weighted by Gasteiger charge is -2.18. The zero-order valence-corrected chi connectivity index (χ0v) is 7.29. The number of rotatable bonds is 0. The van der Waals surface area contributed by atoms with Gasteiger partial charge in [0.1, 0.15) is 0 Å². The van der Waals surface area contributed by atoms with Crippen molar-refractivity contribution in [1.29, 1.82) is 0 Å². The molecule has 0 aliphatic heterocycles. The Morgan fingerprint density at radius 3 is 2.92 bits per heavy atom. The molecule has 2 rings (SSSR count). The summed E-state index contributed by atoms with van der Waals surface area (Å²) in [6, 6.07) is 7.71. The summed E-state index contributed by atoms with van der Waals surface area (Å²) < 4.78 is 0. The summed E-state index contributed by atoms with van der Waals surface area (Å²) in [7, 11) is 0. The van der Waals surface area contributed by atoms with Crippen molar-refractivity contribution in [2.75, 3.05) is 0 Å². The molecule has 0 saturated heterocycles. The van der Waals surface area contributed by atoms with Crippen molar-refractivity contribution >= 4 is 5.78 Å². The van der Waals surface area contributed by atoms with E-state index in [1.807, 2.05) is 24.3 Å². The minimum absolute atomic E-state index is 0.115. The minimum Gasteiger partial charge on any atom is -0.293 e. The van der Waals surface area contributed by atoms with Gasteiger partial charge >= 0.3 is 0 Å². The number of benzene rings is 1. The Hall–Kier alpha value is -1.55. The Bertz CT molecular complexity index is 384. The molecule has 64 valence electrons. The first-order valence-electron chi connectivity index (χ1n) is 4.41. The molecule has 0 radical (unpaired) electrons. The zero-order chi connectivity index (χ0) is 9.26. The van der Waals surface area contributed by atoms with Crippen molar-refractivity contribution in [3.05, 3.63) is 35.4 Å². The highest BCUT2D eigenvalue weighted by molar-refractivity contribution is 6.01. The number of aryl methyl sites for hydroxylation is 1. The molecule has 0 spiro atoms. The summed E-state index contributed by atoms with van der Waals surface area (Å²) in [4.78, 5) is 11.7. The van der Waals surface area contributed by atoms with Crippen LogP contribution in [-0.4, -0.2) is 5.78 Å². The normalized spacial score (nSPS) is 20.5. The molecule has 0 amide bonds. The Kier molecular flexibility index (Phi) is 1.90. The summed E-state index contributed by atoms with van der Waals surface area (Å²) in [5, 5.41) is 0. The number of carbonyl (C=O) groups is 1. The predicted molar refractivity (Wildman–Crippen MR) is 51.4 cm³/mol. The SMILES string of the molecule is C#CC1CCc2ccccc2C1=O. The van der Waals surface area contributed by atoms with E-state index in [4.69, 9.17) is 6.42 Å². The van der Waals surface area contributed by atoms with Crippen molar-refractivity contribution in [2.24, 2.45) is 5.92 Å². The second-order valence-electron chi connectivity index (χ2n) is 3.28. The summed E-state index contributed by atoms with van der Waals surface area (Å²) in [6.07, 6.45) is 7.01. The summed E-state index contributed by atoms with van der Waals surface area (Å²) in [5.74, 6) is 2.46. The third-order valence-corrected chi connectivity index (χ3v) is 2.50. The van der Waals surface area contributed by atoms with Crippen LogP contribution in [0.5, 0.6) is 0 Å². The fraction of sp³-hybridized carbons (Fsp3) is 0.250. The number of ketones is 1. The van der Waals surface area contributed by atoms with Crippen LogP contribution < -0.4 is 0 Å². The van der Waals surface area contributed by atoms with E-state index in [0.29, 0.717) is 0 Å². The monoisotopic (exact) mass is 170 g/mol. The van der Waals surface area contributed by atoms with Crippen molar-refractivity contribution in [2.45, 2.75) is 12.8 Å². The van der Waals surface area contributed by atoms with Gasteiger partial charge in [0.15, 0.2) is 5.78 Å². The van der Waals surface area contributed by atoms with Crippen LogP contribution in [0.2, 0.25) is 0 Å². The maximum Gasteiger partial charge on any atom is 0.178 e. The lowest BCUT2D eigenvalue weighted by molar-refractivity contribution is 0.0935. The molecule has 1 aromatic rings. The largest absolute Gasteiger partial charge is 0.293 e. The second kappa shape index (κ2) is 3.06. The molecular formula is C12H10O. The first-order chi connectivity index (χ1) is 6.33. The lowest BCUT2D eigenvalue weighted by Crippen LogP contribution is -2.20. The topological polar surface area (TPSA) is 17.1 Å². The maximum absolute atomic E-state index is 11.7. The molecule has 0 heterocycles. The molecule has 13 heavy (non-hydrogen) atoms. The number of fused-ring (bicyclic) bond motifs is 1. The quantitative estimate of drug-likeness (QED) is 0.545. The fourth-order valence-corrected chi connectivity index (χ4v) is 1.76. The van der Waals surface area contributed by atoms with Crippen molar-refractivity contribution in [3.8, 4) is 12.3 Å². The van der Waals surface area contributed by atoms with Crippen LogP contribution in [0.15, 0.2) is 24.3 Å². The minimum atomic E-state index is -0.199. The first kappa shape index (κ1) is 8.07. The van der Waals surface area contributed by atoms with Crippen molar-refractivity contribution in [1.82, 2.24) is 0 Å². The molecule has 0 saturated carbocycles. The highest BCUT2D eigenvalue weighted by Gasteiger charge is 2.24. The molecule has 1 heteroatoms. The van der Waals surface area contributed by atoms with Gasteiger partial charge in [0.05, 0.1) is 5.92 Å². The zero-order valence-electron chi connectivity index (χ0n) is 7.29. The average molecular weight is 170 g/mol. The van der Waals surface area contributed by atoms with Gasteiger partial charge in [-0.3, -0.25) is 4.79 Å². The number of hydrogen-bond acceptors (Lipinski definition) is 1. The van der Waals surface area contributed by atoms with Gasteiger partial charge < -0.3 is 0 Å². The van der Waals surface area contributed by atoms with Crippen molar-refractivity contribution < 1.29 is 4.79 Å². The molecule has 1 aromatic carbocycles. The van der Waals surface area contributed by atoms with E-state index in [1.165, 1.54) is 0 Å². The third kappa shape index (κ3) is 1.25. The Morgan fingerprint density at radius 2 is 2.15 bits per heavy atom. The smallest absolute Gasteiger partial charge is 0.178 e. The molecule has 1 aliphatic rings. The molecule has 0 bridgehead atoms. The third-order valence-electron chi connectivity index (χ3n) is 2.50. The molecule has 0 aromatic heterocycles. The van der Waals surface area contributed by atoms with Gasteiger partial charge in [-0.2, -0.15) is 0 Å². The van der Waals surface area contributed by atoms with Gasteiger partial charge in [0, 0.05) is 5.56 Å². The molecule has 1 nitrogen and oxygen atoms in total. The van der Waals surface area contributed by atoms with Crippen molar-refractivity contribution in [3.63, 3.8) is 0 Å². The number of terminal acetylenes is 1. The van der Waals surface area contributed by atoms with Gasteiger partial charge in [-0.1, -0.05) is 30.2 Å². The first-order valence-corrected chi connectivity index (χ1v) is 4.41. The summed E-state index contributed by atoms with van der Waals surface area (Å²) >= 11 is 0. The van der Waals surface area contributed by atoms with E-state index in [0.717, 1.165) is 24.0 Å². The van der Waals surface area contributed by atoms with E-state index >= 15 is 0 Å². The predicted octanol–water partition coefficient (Wildman–Crippen LogP) is 2.06. The van der Waals surface area contributed by atoms with Gasteiger partial charge in [-0.05, 0) is 18.4 Å². The maximum atomic E-state index is 11.7. The summed E-state index contributed by atoms with van der Waals surface area (Å²) in [6.45, 7) is 0. The number of carbonyl (C=O) groups excluding carboxylic acids is 1. The molecule has 1 atom stereocenters. The van der Waals surface area contributed by atoms with Crippen LogP contribution in [0.25, 0.3) is 0 Å². The number of hydrogen-bond donors (Lipinski definition) is 0. The van der Waals surface area contributed by atoms with Crippen LogP contribution in [-0.2, 0) is 6.42 Å². The lowest BCUT2D eigenvalue weighted by atomic mass is 9.83. The van der Waals surface area contributed by atoms with Gasteiger partial charge in [0.2, 0.25) is 0 Å². The van der Waals surface area contributed by atoms with E-state index in [2.05, 4.69) is 5.92 Å².